The predicted octanol–water partition coefficient (Wildman–Crippen LogP) is 3.17. The molecule has 1 fully saturated rings. The molecule has 0 atom stereocenters. The highest BCUT2D eigenvalue weighted by atomic mass is 16.5. The third-order valence-electron chi connectivity index (χ3n) is 4.47. The minimum atomic E-state index is -0.623. The lowest BCUT2D eigenvalue weighted by Gasteiger charge is -2.18. The van der Waals surface area contributed by atoms with Crippen molar-refractivity contribution >= 4 is 29.2 Å². The van der Waals surface area contributed by atoms with E-state index in [0.29, 0.717) is 24.3 Å². The van der Waals surface area contributed by atoms with Crippen molar-refractivity contribution < 1.29 is 19.1 Å². The van der Waals surface area contributed by atoms with E-state index in [1.54, 1.807) is 29.2 Å². The first kappa shape index (κ1) is 18.6. The van der Waals surface area contributed by atoms with Crippen molar-refractivity contribution in [3.05, 3.63) is 59.7 Å². The van der Waals surface area contributed by atoms with Crippen LogP contribution in [0.2, 0.25) is 0 Å². The van der Waals surface area contributed by atoms with Gasteiger partial charge in [-0.25, -0.2) is 4.79 Å². The molecule has 140 valence electrons. The molecule has 1 aliphatic rings. The summed E-state index contributed by atoms with van der Waals surface area (Å²) in [6, 6.07) is 14.3. The van der Waals surface area contributed by atoms with Crippen molar-refractivity contribution in [3.63, 3.8) is 0 Å². The molecule has 1 heterocycles. The Kier molecular flexibility index (Phi) is 5.86. The monoisotopic (exact) mass is 366 g/mol. The summed E-state index contributed by atoms with van der Waals surface area (Å²) >= 11 is 0. The Morgan fingerprint density at radius 2 is 1.85 bits per heavy atom. The van der Waals surface area contributed by atoms with Crippen molar-refractivity contribution in [1.82, 2.24) is 0 Å². The molecule has 27 heavy (non-hydrogen) atoms. The molecule has 0 bridgehead atoms. The van der Waals surface area contributed by atoms with Gasteiger partial charge in [-0.3, -0.25) is 9.59 Å². The third kappa shape index (κ3) is 4.53. The highest BCUT2D eigenvalue weighted by molar-refractivity contribution is 6.04. The van der Waals surface area contributed by atoms with Gasteiger partial charge in [0.25, 0.3) is 5.91 Å². The normalized spacial score (nSPS) is 13.5. The van der Waals surface area contributed by atoms with Crippen molar-refractivity contribution in [2.24, 2.45) is 0 Å². The van der Waals surface area contributed by atoms with Gasteiger partial charge in [0.1, 0.15) is 0 Å². The maximum atomic E-state index is 12.4. The average molecular weight is 366 g/mol. The average Bonchev–Trinajstić information content (AvgIpc) is 3.12. The summed E-state index contributed by atoms with van der Waals surface area (Å²) < 4.78 is 5.15. The Morgan fingerprint density at radius 3 is 2.52 bits per heavy atom. The number of benzene rings is 2. The van der Waals surface area contributed by atoms with E-state index in [-0.39, 0.29) is 11.5 Å². The zero-order valence-corrected chi connectivity index (χ0v) is 15.2. The Labute approximate surface area is 158 Å². The minimum absolute atomic E-state index is 0.0106. The molecule has 2 amide bonds. The number of hydrogen-bond acceptors (Lipinski definition) is 4. The van der Waals surface area contributed by atoms with Crippen LogP contribution in [0.1, 0.15) is 35.7 Å². The fraction of sp³-hybridized carbons (Fsp3) is 0.286. The number of para-hydroxylation sites is 1. The topological polar surface area (TPSA) is 75.7 Å². The summed E-state index contributed by atoms with van der Waals surface area (Å²) in [6.45, 7) is 2.24. The van der Waals surface area contributed by atoms with Crippen LogP contribution in [-0.2, 0) is 20.7 Å². The largest absolute Gasteiger partial charge is 0.452 e. The van der Waals surface area contributed by atoms with Gasteiger partial charge < -0.3 is 15.0 Å². The predicted molar refractivity (Wildman–Crippen MR) is 103 cm³/mol. The summed E-state index contributed by atoms with van der Waals surface area (Å²) in [6.07, 6.45) is 2.16. The van der Waals surface area contributed by atoms with Crippen LogP contribution in [0.25, 0.3) is 0 Å². The summed E-state index contributed by atoms with van der Waals surface area (Å²) in [7, 11) is 0. The van der Waals surface area contributed by atoms with E-state index in [2.05, 4.69) is 12.2 Å². The van der Waals surface area contributed by atoms with E-state index in [1.165, 1.54) is 5.56 Å². The number of aryl methyl sites for hydroxylation is 1. The van der Waals surface area contributed by atoms with Gasteiger partial charge in [-0.1, -0.05) is 31.2 Å². The smallest absolute Gasteiger partial charge is 0.340 e. The number of esters is 1. The zero-order chi connectivity index (χ0) is 19.2. The number of amides is 2. The number of nitrogens with zero attached hydrogens (tertiary/aromatic N) is 1. The molecule has 2 aromatic rings. The fourth-order valence-electron chi connectivity index (χ4n) is 3.01. The van der Waals surface area contributed by atoms with Gasteiger partial charge in [-0.15, -0.1) is 0 Å². The van der Waals surface area contributed by atoms with Gasteiger partial charge in [-0.05, 0) is 42.7 Å². The van der Waals surface area contributed by atoms with Gasteiger partial charge in [0.05, 0.1) is 11.3 Å². The molecule has 6 nitrogen and oxygen atoms in total. The molecule has 6 heteroatoms. The molecular formula is C21H22N2O4. The summed E-state index contributed by atoms with van der Waals surface area (Å²) in [4.78, 5) is 38.0. The summed E-state index contributed by atoms with van der Waals surface area (Å²) in [5, 5.41) is 2.70. The molecule has 1 saturated heterocycles. The lowest BCUT2D eigenvalue weighted by atomic mass is 10.1. The van der Waals surface area contributed by atoms with Crippen LogP contribution in [0.4, 0.5) is 11.4 Å². The van der Waals surface area contributed by atoms with Crippen LogP contribution in [0.15, 0.2) is 48.5 Å². The number of ether oxygens (including phenoxy) is 1. The Bertz CT molecular complexity index is 846. The molecular weight excluding hydrogens is 344 g/mol. The van der Waals surface area contributed by atoms with Gasteiger partial charge in [0, 0.05) is 18.7 Å². The van der Waals surface area contributed by atoms with E-state index in [4.69, 9.17) is 4.74 Å². The van der Waals surface area contributed by atoms with Gasteiger partial charge in [0.15, 0.2) is 6.61 Å². The van der Waals surface area contributed by atoms with E-state index in [1.807, 2.05) is 24.3 Å². The Balaban J connectivity index is 1.60. The van der Waals surface area contributed by atoms with Crippen LogP contribution in [0, 0.1) is 0 Å². The SMILES string of the molecule is CCc1ccc(NC(=O)COC(=O)c2ccccc2N2CCCC2=O)cc1. The quantitative estimate of drug-likeness (QED) is 0.797. The molecule has 0 radical (unpaired) electrons. The van der Waals surface area contributed by atoms with Crippen LogP contribution < -0.4 is 10.2 Å². The van der Waals surface area contributed by atoms with Crippen molar-refractivity contribution in [3.8, 4) is 0 Å². The minimum Gasteiger partial charge on any atom is -0.452 e. The number of anilines is 2. The van der Waals surface area contributed by atoms with Gasteiger partial charge in [0.2, 0.25) is 5.91 Å². The van der Waals surface area contributed by atoms with E-state index in [9.17, 15) is 14.4 Å². The fourth-order valence-corrected chi connectivity index (χ4v) is 3.01. The molecule has 1 N–H and O–H groups in total. The first-order valence-corrected chi connectivity index (χ1v) is 9.04. The van der Waals surface area contributed by atoms with Crippen LogP contribution in [0.3, 0.4) is 0 Å². The summed E-state index contributed by atoms with van der Waals surface area (Å²) in [5.41, 5.74) is 2.64. The maximum absolute atomic E-state index is 12.4. The highest BCUT2D eigenvalue weighted by Gasteiger charge is 2.26. The third-order valence-corrected chi connectivity index (χ3v) is 4.47. The van der Waals surface area contributed by atoms with Gasteiger partial charge >= 0.3 is 5.97 Å². The lowest BCUT2D eigenvalue weighted by Crippen LogP contribution is -2.27. The molecule has 0 aromatic heterocycles. The standard InChI is InChI=1S/C21H22N2O4/c1-2-15-9-11-16(12-10-15)22-19(24)14-27-21(26)17-6-3-4-7-18(17)23-13-5-8-20(23)25/h3-4,6-7,9-12H,2,5,8,13-14H2,1H3,(H,22,24). The van der Waals surface area contributed by atoms with E-state index in [0.717, 1.165) is 12.8 Å². The molecule has 2 aromatic carbocycles. The number of nitrogens with one attached hydrogen (secondary N) is 1. The first-order chi connectivity index (χ1) is 13.1. The van der Waals surface area contributed by atoms with E-state index >= 15 is 0 Å². The van der Waals surface area contributed by atoms with Crippen molar-refractivity contribution in [2.75, 3.05) is 23.4 Å². The summed E-state index contributed by atoms with van der Waals surface area (Å²) in [5.74, 6) is -1.05. The highest BCUT2D eigenvalue weighted by Crippen LogP contribution is 2.26. The number of carbonyl (C=O) groups is 3. The van der Waals surface area contributed by atoms with E-state index < -0.39 is 18.5 Å². The Hall–Kier alpha value is -3.15. The van der Waals surface area contributed by atoms with Crippen LogP contribution >= 0.6 is 0 Å². The van der Waals surface area contributed by atoms with Crippen molar-refractivity contribution in [2.45, 2.75) is 26.2 Å². The first-order valence-electron chi connectivity index (χ1n) is 9.04. The number of hydrogen-bond donors (Lipinski definition) is 1. The zero-order valence-electron chi connectivity index (χ0n) is 15.2. The second-order valence-electron chi connectivity index (χ2n) is 6.34. The van der Waals surface area contributed by atoms with Crippen LogP contribution in [0.5, 0.6) is 0 Å². The molecule has 3 rings (SSSR count). The number of carbonyl (C=O) groups excluding carboxylic acids is 3. The molecule has 0 aliphatic carbocycles. The van der Waals surface area contributed by atoms with Crippen molar-refractivity contribution in [1.29, 1.82) is 0 Å². The van der Waals surface area contributed by atoms with Gasteiger partial charge in [-0.2, -0.15) is 0 Å². The second kappa shape index (κ2) is 8.49. The maximum Gasteiger partial charge on any atom is 0.340 e. The molecule has 0 saturated carbocycles. The lowest BCUT2D eigenvalue weighted by molar-refractivity contribution is -0.119. The molecule has 0 spiro atoms. The Morgan fingerprint density at radius 1 is 1.11 bits per heavy atom. The second-order valence-corrected chi connectivity index (χ2v) is 6.34. The molecule has 1 aliphatic heterocycles. The number of rotatable bonds is 6. The van der Waals surface area contributed by atoms with Crippen LogP contribution in [-0.4, -0.2) is 30.9 Å². The molecule has 0 unspecified atom stereocenters.